The number of aromatic nitrogens is 1. The van der Waals surface area contributed by atoms with Crippen molar-refractivity contribution in [3.63, 3.8) is 0 Å². The lowest BCUT2D eigenvalue weighted by Crippen LogP contribution is -2.50. The molecule has 90 valence electrons. The fourth-order valence-electron chi connectivity index (χ4n) is 1.95. The van der Waals surface area contributed by atoms with E-state index in [1.54, 1.807) is 11.3 Å². The molecule has 2 unspecified atom stereocenters. The van der Waals surface area contributed by atoms with Gasteiger partial charge < -0.3 is 15.4 Å². The molecule has 2 atom stereocenters. The van der Waals surface area contributed by atoms with E-state index in [-0.39, 0.29) is 12.1 Å². The van der Waals surface area contributed by atoms with Gasteiger partial charge in [0.1, 0.15) is 0 Å². The Bertz CT molecular complexity index is 342. The molecule has 0 spiro atoms. The number of rotatable bonds is 3. The predicted molar refractivity (Wildman–Crippen MR) is 65.8 cm³/mol. The van der Waals surface area contributed by atoms with Crippen molar-refractivity contribution >= 4 is 11.3 Å². The van der Waals surface area contributed by atoms with E-state index in [2.05, 4.69) is 22.3 Å². The fourth-order valence-corrected chi connectivity index (χ4v) is 2.57. The first-order valence-electron chi connectivity index (χ1n) is 5.62. The van der Waals surface area contributed by atoms with Crippen molar-refractivity contribution < 1.29 is 4.74 Å². The Labute approximate surface area is 100 Å². The third-order valence-electron chi connectivity index (χ3n) is 2.89. The van der Waals surface area contributed by atoms with Crippen molar-refractivity contribution in [3.8, 4) is 0 Å². The lowest BCUT2D eigenvalue weighted by atomic mass is 10.1. The molecule has 1 saturated heterocycles. The lowest BCUT2D eigenvalue weighted by Gasteiger charge is -2.33. The smallest absolute Gasteiger partial charge is 0.0897 e. The molecule has 1 aliphatic heterocycles. The largest absolute Gasteiger partial charge is 0.374 e. The van der Waals surface area contributed by atoms with Crippen LogP contribution < -0.4 is 5.73 Å². The van der Waals surface area contributed by atoms with Crippen LogP contribution in [-0.4, -0.2) is 48.8 Å². The number of hydrogen-bond acceptors (Lipinski definition) is 5. The molecule has 1 fully saturated rings. The highest BCUT2D eigenvalue weighted by Crippen LogP contribution is 2.13. The lowest BCUT2D eigenvalue weighted by molar-refractivity contribution is -0.0320. The summed E-state index contributed by atoms with van der Waals surface area (Å²) in [4.78, 5) is 6.70. The Kier molecular flexibility index (Phi) is 3.91. The highest BCUT2D eigenvalue weighted by Gasteiger charge is 2.24. The summed E-state index contributed by atoms with van der Waals surface area (Å²) in [5, 5.41) is 3.19. The third kappa shape index (κ3) is 3.01. The molecule has 2 heterocycles. The maximum atomic E-state index is 6.16. The molecule has 4 nitrogen and oxygen atoms in total. The number of morpholine rings is 1. The summed E-state index contributed by atoms with van der Waals surface area (Å²) in [5.74, 6) is 0. The van der Waals surface area contributed by atoms with Crippen LogP contribution in [0.1, 0.15) is 10.7 Å². The first kappa shape index (κ1) is 12.0. The first-order chi connectivity index (χ1) is 7.65. The molecular formula is C11H19N3OS. The van der Waals surface area contributed by atoms with Gasteiger partial charge in [0.25, 0.3) is 0 Å². The van der Waals surface area contributed by atoms with Gasteiger partial charge in [-0.05, 0) is 14.0 Å². The highest BCUT2D eigenvalue weighted by atomic mass is 32.1. The maximum absolute atomic E-state index is 6.16. The second kappa shape index (κ2) is 5.23. The van der Waals surface area contributed by atoms with Crippen LogP contribution in [0.2, 0.25) is 0 Å². The van der Waals surface area contributed by atoms with Gasteiger partial charge in [-0.3, -0.25) is 0 Å². The molecule has 16 heavy (non-hydrogen) atoms. The van der Waals surface area contributed by atoms with E-state index in [1.165, 1.54) is 0 Å². The summed E-state index contributed by atoms with van der Waals surface area (Å²) in [6, 6.07) is 0.0456. The average molecular weight is 241 g/mol. The minimum absolute atomic E-state index is 0.0456. The van der Waals surface area contributed by atoms with Gasteiger partial charge >= 0.3 is 0 Å². The van der Waals surface area contributed by atoms with Crippen LogP contribution in [0.4, 0.5) is 0 Å². The molecular weight excluding hydrogens is 222 g/mol. The number of ether oxygens (including phenoxy) is 1. The van der Waals surface area contributed by atoms with Gasteiger partial charge in [0, 0.05) is 30.9 Å². The summed E-state index contributed by atoms with van der Waals surface area (Å²) in [5.41, 5.74) is 7.25. The third-order valence-corrected chi connectivity index (χ3v) is 3.71. The van der Waals surface area contributed by atoms with Crippen LogP contribution in [0.15, 0.2) is 5.38 Å². The van der Waals surface area contributed by atoms with Crippen molar-refractivity contribution in [3.05, 3.63) is 16.1 Å². The molecule has 0 radical (unpaired) electrons. The van der Waals surface area contributed by atoms with E-state index in [9.17, 15) is 0 Å². The van der Waals surface area contributed by atoms with Gasteiger partial charge in [-0.2, -0.15) is 0 Å². The van der Waals surface area contributed by atoms with Crippen LogP contribution in [0.5, 0.6) is 0 Å². The molecule has 0 aliphatic carbocycles. The monoisotopic (exact) mass is 241 g/mol. The number of likely N-dealkylation sites (N-methyl/N-ethyl adjacent to an activating group) is 1. The summed E-state index contributed by atoms with van der Waals surface area (Å²) in [6.45, 7) is 4.72. The number of nitrogens with zero attached hydrogens (tertiary/aromatic N) is 2. The molecule has 1 aliphatic rings. The standard InChI is InChI=1S/C11H19N3OS/c1-8-13-9(7-16-8)5-10(12)11-6-14(2)3-4-15-11/h7,10-11H,3-6,12H2,1-2H3. The van der Waals surface area contributed by atoms with E-state index in [0.717, 1.165) is 36.8 Å². The van der Waals surface area contributed by atoms with Crippen molar-refractivity contribution in [1.82, 2.24) is 9.88 Å². The quantitative estimate of drug-likeness (QED) is 0.844. The Balaban J connectivity index is 1.89. The molecule has 2 rings (SSSR count). The van der Waals surface area contributed by atoms with Crippen LogP contribution >= 0.6 is 11.3 Å². The number of aryl methyl sites for hydroxylation is 1. The Morgan fingerprint density at radius 1 is 1.75 bits per heavy atom. The Hall–Kier alpha value is -0.490. The van der Waals surface area contributed by atoms with Gasteiger partial charge in [0.05, 0.1) is 23.4 Å². The zero-order valence-electron chi connectivity index (χ0n) is 9.85. The van der Waals surface area contributed by atoms with E-state index < -0.39 is 0 Å². The van der Waals surface area contributed by atoms with E-state index in [0.29, 0.717) is 0 Å². The van der Waals surface area contributed by atoms with Gasteiger partial charge in [0.15, 0.2) is 0 Å². The molecule has 0 aromatic carbocycles. The van der Waals surface area contributed by atoms with Gasteiger partial charge in [-0.15, -0.1) is 11.3 Å². The van der Waals surface area contributed by atoms with Gasteiger partial charge in [-0.1, -0.05) is 0 Å². The molecule has 0 saturated carbocycles. The molecule has 5 heteroatoms. The van der Waals surface area contributed by atoms with Gasteiger partial charge in [-0.25, -0.2) is 4.98 Å². The highest BCUT2D eigenvalue weighted by molar-refractivity contribution is 7.09. The SMILES string of the molecule is Cc1nc(CC(N)C2CN(C)CCO2)cs1. The average Bonchev–Trinajstić information content (AvgIpc) is 2.64. The van der Waals surface area contributed by atoms with Crippen LogP contribution in [-0.2, 0) is 11.2 Å². The zero-order valence-corrected chi connectivity index (χ0v) is 10.7. The molecule has 1 aromatic heterocycles. The minimum atomic E-state index is 0.0456. The second-order valence-corrected chi connectivity index (χ2v) is 5.46. The maximum Gasteiger partial charge on any atom is 0.0897 e. The zero-order chi connectivity index (χ0) is 11.5. The van der Waals surface area contributed by atoms with Crippen molar-refractivity contribution in [2.75, 3.05) is 26.7 Å². The van der Waals surface area contributed by atoms with Crippen molar-refractivity contribution in [2.45, 2.75) is 25.5 Å². The van der Waals surface area contributed by atoms with Crippen LogP contribution in [0.25, 0.3) is 0 Å². The summed E-state index contributed by atoms with van der Waals surface area (Å²) < 4.78 is 5.70. The van der Waals surface area contributed by atoms with E-state index in [1.807, 2.05) is 6.92 Å². The number of thiazole rings is 1. The topological polar surface area (TPSA) is 51.4 Å². The van der Waals surface area contributed by atoms with E-state index in [4.69, 9.17) is 10.5 Å². The van der Waals surface area contributed by atoms with Crippen molar-refractivity contribution in [2.24, 2.45) is 5.73 Å². The molecule has 1 aromatic rings. The van der Waals surface area contributed by atoms with E-state index >= 15 is 0 Å². The normalized spacial score (nSPS) is 24.6. The fraction of sp³-hybridized carbons (Fsp3) is 0.727. The van der Waals surface area contributed by atoms with Crippen molar-refractivity contribution in [1.29, 1.82) is 0 Å². The summed E-state index contributed by atoms with van der Waals surface area (Å²) in [6.07, 6.45) is 0.948. The Morgan fingerprint density at radius 2 is 2.56 bits per heavy atom. The summed E-state index contributed by atoms with van der Waals surface area (Å²) in [7, 11) is 2.11. The Morgan fingerprint density at radius 3 is 3.19 bits per heavy atom. The number of hydrogen-bond donors (Lipinski definition) is 1. The van der Waals surface area contributed by atoms with Crippen LogP contribution in [0, 0.1) is 6.92 Å². The first-order valence-corrected chi connectivity index (χ1v) is 6.50. The van der Waals surface area contributed by atoms with Gasteiger partial charge in [0.2, 0.25) is 0 Å². The predicted octanol–water partition coefficient (Wildman–Crippen LogP) is 0.652. The molecule has 2 N–H and O–H groups in total. The second-order valence-electron chi connectivity index (χ2n) is 4.40. The number of nitrogens with two attached hydrogens (primary N) is 1. The molecule has 0 bridgehead atoms. The summed E-state index contributed by atoms with van der Waals surface area (Å²) >= 11 is 1.68. The van der Waals surface area contributed by atoms with Crippen LogP contribution in [0.3, 0.4) is 0 Å². The minimum Gasteiger partial charge on any atom is -0.374 e. The molecule has 0 amide bonds.